The zero-order valence-electron chi connectivity index (χ0n) is 11.4. The van der Waals surface area contributed by atoms with Gasteiger partial charge in [-0.1, -0.05) is 18.2 Å². The molecule has 4 heteroatoms. The van der Waals surface area contributed by atoms with Crippen LogP contribution in [0.1, 0.15) is 18.9 Å². The molecule has 2 aliphatic rings. The summed E-state index contributed by atoms with van der Waals surface area (Å²) >= 11 is 0. The van der Waals surface area contributed by atoms with Crippen LogP contribution in [0.3, 0.4) is 0 Å². The van der Waals surface area contributed by atoms with E-state index >= 15 is 0 Å². The quantitative estimate of drug-likeness (QED) is 0.848. The summed E-state index contributed by atoms with van der Waals surface area (Å²) in [5.41, 5.74) is 2.43. The molecule has 3 rings (SSSR count). The molecule has 0 bridgehead atoms. The molecule has 2 aliphatic heterocycles. The van der Waals surface area contributed by atoms with Crippen LogP contribution in [0.2, 0.25) is 0 Å². The van der Waals surface area contributed by atoms with Gasteiger partial charge < -0.3 is 15.5 Å². The van der Waals surface area contributed by atoms with Crippen molar-refractivity contribution in [3.8, 4) is 0 Å². The molecule has 2 heterocycles. The molecule has 0 saturated carbocycles. The third-order valence-corrected chi connectivity index (χ3v) is 4.22. The molecule has 102 valence electrons. The molecule has 1 aromatic rings. The van der Waals surface area contributed by atoms with Gasteiger partial charge in [-0.05, 0) is 37.9 Å². The first-order chi connectivity index (χ1) is 9.18. The van der Waals surface area contributed by atoms with Gasteiger partial charge in [0.25, 0.3) is 0 Å². The Morgan fingerprint density at radius 3 is 3.11 bits per heavy atom. The molecule has 1 fully saturated rings. The van der Waals surface area contributed by atoms with E-state index in [1.807, 2.05) is 23.1 Å². The first-order valence-corrected chi connectivity index (χ1v) is 7.02. The third kappa shape index (κ3) is 2.51. The third-order valence-electron chi connectivity index (χ3n) is 4.22. The van der Waals surface area contributed by atoms with Gasteiger partial charge in [0.1, 0.15) is 0 Å². The van der Waals surface area contributed by atoms with Crippen molar-refractivity contribution in [2.75, 3.05) is 31.1 Å². The second-order valence-electron chi connectivity index (χ2n) is 5.77. The number of carbonyl (C=O) groups excluding carboxylic acids is 1. The molecule has 0 spiro atoms. The number of para-hydroxylation sites is 1. The van der Waals surface area contributed by atoms with Crippen molar-refractivity contribution in [3.05, 3.63) is 29.8 Å². The second-order valence-corrected chi connectivity index (χ2v) is 5.77. The number of anilines is 1. The summed E-state index contributed by atoms with van der Waals surface area (Å²) in [6, 6.07) is 8.19. The lowest BCUT2D eigenvalue weighted by atomic mass is 10.0. The number of hydrogen-bond acceptors (Lipinski definition) is 3. The fourth-order valence-corrected chi connectivity index (χ4v) is 2.95. The zero-order chi connectivity index (χ0) is 13.3. The van der Waals surface area contributed by atoms with Crippen LogP contribution in [0.25, 0.3) is 0 Å². The summed E-state index contributed by atoms with van der Waals surface area (Å²) in [7, 11) is 0. The van der Waals surface area contributed by atoms with E-state index in [1.165, 1.54) is 5.56 Å². The summed E-state index contributed by atoms with van der Waals surface area (Å²) in [4.78, 5) is 14.3. The number of nitrogens with zero attached hydrogens (tertiary/aromatic N) is 1. The largest absolute Gasteiger partial charge is 0.315 e. The van der Waals surface area contributed by atoms with E-state index in [-0.39, 0.29) is 11.4 Å². The van der Waals surface area contributed by atoms with Crippen molar-refractivity contribution in [3.63, 3.8) is 0 Å². The van der Waals surface area contributed by atoms with Crippen molar-refractivity contribution in [2.45, 2.75) is 25.3 Å². The van der Waals surface area contributed by atoms with Crippen molar-refractivity contribution in [1.82, 2.24) is 10.6 Å². The Morgan fingerprint density at radius 1 is 1.47 bits per heavy atom. The van der Waals surface area contributed by atoms with Crippen LogP contribution in [0.4, 0.5) is 5.69 Å². The lowest BCUT2D eigenvalue weighted by Gasteiger charge is -2.26. The van der Waals surface area contributed by atoms with Crippen LogP contribution in [0, 0.1) is 0 Å². The first kappa shape index (κ1) is 12.6. The molecule has 19 heavy (non-hydrogen) atoms. The van der Waals surface area contributed by atoms with Crippen LogP contribution in [0.5, 0.6) is 0 Å². The van der Waals surface area contributed by atoms with Crippen molar-refractivity contribution < 1.29 is 4.79 Å². The minimum absolute atomic E-state index is 0.0644. The molecule has 1 atom stereocenters. The molecule has 1 unspecified atom stereocenters. The fourth-order valence-electron chi connectivity index (χ4n) is 2.95. The molecule has 4 nitrogen and oxygen atoms in total. The SMILES string of the molecule is CC1(NCC(=O)N2CCc3ccccc32)CCNC1. The number of amides is 1. The van der Waals surface area contributed by atoms with Gasteiger partial charge in [-0.15, -0.1) is 0 Å². The summed E-state index contributed by atoms with van der Waals surface area (Å²) in [5, 5.41) is 6.75. The van der Waals surface area contributed by atoms with Crippen molar-refractivity contribution >= 4 is 11.6 Å². The highest BCUT2D eigenvalue weighted by Gasteiger charge is 2.30. The minimum atomic E-state index is 0.0644. The number of fused-ring (bicyclic) bond motifs is 1. The van der Waals surface area contributed by atoms with Gasteiger partial charge in [-0.25, -0.2) is 0 Å². The predicted octanol–water partition coefficient (Wildman–Crippen LogP) is 0.917. The highest BCUT2D eigenvalue weighted by atomic mass is 16.2. The Balaban J connectivity index is 1.63. The van der Waals surface area contributed by atoms with Crippen LogP contribution >= 0.6 is 0 Å². The Bertz CT molecular complexity index is 480. The number of nitrogens with one attached hydrogen (secondary N) is 2. The number of hydrogen-bond donors (Lipinski definition) is 2. The Labute approximate surface area is 114 Å². The van der Waals surface area contributed by atoms with E-state index in [9.17, 15) is 4.79 Å². The normalized spacial score (nSPS) is 25.6. The summed E-state index contributed by atoms with van der Waals surface area (Å²) in [6.07, 6.45) is 2.05. The highest BCUT2D eigenvalue weighted by molar-refractivity contribution is 5.96. The predicted molar refractivity (Wildman–Crippen MR) is 76.4 cm³/mol. The summed E-state index contributed by atoms with van der Waals surface area (Å²) < 4.78 is 0. The van der Waals surface area contributed by atoms with Crippen LogP contribution in [0.15, 0.2) is 24.3 Å². The standard InChI is InChI=1S/C15H21N3O/c1-15(7-8-16-11-15)17-10-14(19)18-9-6-12-4-2-3-5-13(12)18/h2-5,16-17H,6-11H2,1H3. The number of benzene rings is 1. The lowest BCUT2D eigenvalue weighted by Crippen LogP contribution is -2.49. The van der Waals surface area contributed by atoms with E-state index in [2.05, 4.69) is 23.6 Å². The first-order valence-electron chi connectivity index (χ1n) is 7.02. The van der Waals surface area contributed by atoms with Gasteiger partial charge >= 0.3 is 0 Å². The van der Waals surface area contributed by atoms with E-state index in [4.69, 9.17) is 0 Å². The van der Waals surface area contributed by atoms with Crippen LogP contribution in [-0.4, -0.2) is 37.6 Å². The molecule has 0 radical (unpaired) electrons. The minimum Gasteiger partial charge on any atom is -0.315 e. The van der Waals surface area contributed by atoms with Gasteiger partial charge in [0.05, 0.1) is 6.54 Å². The maximum atomic E-state index is 12.4. The van der Waals surface area contributed by atoms with Gasteiger partial charge in [0, 0.05) is 24.3 Å². The lowest BCUT2D eigenvalue weighted by molar-refractivity contribution is -0.118. The Kier molecular flexibility index (Phi) is 3.29. The Morgan fingerprint density at radius 2 is 2.32 bits per heavy atom. The van der Waals surface area contributed by atoms with Crippen LogP contribution in [-0.2, 0) is 11.2 Å². The smallest absolute Gasteiger partial charge is 0.240 e. The topological polar surface area (TPSA) is 44.4 Å². The number of carbonyl (C=O) groups is 1. The Hall–Kier alpha value is -1.39. The summed E-state index contributed by atoms with van der Waals surface area (Å²) in [5.74, 6) is 0.179. The average Bonchev–Trinajstić information content (AvgIpc) is 3.03. The molecule has 1 saturated heterocycles. The van der Waals surface area contributed by atoms with E-state index < -0.39 is 0 Å². The van der Waals surface area contributed by atoms with Crippen molar-refractivity contribution in [2.24, 2.45) is 0 Å². The van der Waals surface area contributed by atoms with Gasteiger partial charge in [-0.3, -0.25) is 4.79 Å². The molecule has 0 aromatic heterocycles. The molecule has 1 amide bonds. The highest BCUT2D eigenvalue weighted by Crippen LogP contribution is 2.27. The monoisotopic (exact) mass is 259 g/mol. The van der Waals surface area contributed by atoms with Gasteiger partial charge in [0.2, 0.25) is 5.91 Å². The van der Waals surface area contributed by atoms with E-state index in [0.717, 1.165) is 38.2 Å². The average molecular weight is 259 g/mol. The number of rotatable bonds is 3. The maximum Gasteiger partial charge on any atom is 0.240 e. The fraction of sp³-hybridized carbons (Fsp3) is 0.533. The van der Waals surface area contributed by atoms with E-state index in [1.54, 1.807) is 0 Å². The second kappa shape index (κ2) is 4.94. The molecule has 2 N–H and O–H groups in total. The molecular weight excluding hydrogens is 238 g/mol. The maximum absolute atomic E-state index is 12.4. The van der Waals surface area contributed by atoms with Gasteiger partial charge in [0.15, 0.2) is 0 Å². The molecular formula is C15H21N3O. The van der Waals surface area contributed by atoms with Crippen LogP contribution < -0.4 is 15.5 Å². The summed E-state index contributed by atoms with van der Waals surface area (Å²) in [6.45, 7) is 5.39. The van der Waals surface area contributed by atoms with Gasteiger partial charge in [-0.2, -0.15) is 0 Å². The van der Waals surface area contributed by atoms with E-state index in [0.29, 0.717) is 6.54 Å². The van der Waals surface area contributed by atoms with Crippen molar-refractivity contribution in [1.29, 1.82) is 0 Å². The molecule has 1 aromatic carbocycles. The zero-order valence-corrected chi connectivity index (χ0v) is 11.4. The molecule has 0 aliphatic carbocycles.